The van der Waals surface area contributed by atoms with Gasteiger partial charge in [0.15, 0.2) is 0 Å². The highest BCUT2D eigenvalue weighted by Gasteiger charge is 2.10. The van der Waals surface area contributed by atoms with Crippen LogP contribution >= 0.6 is 0 Å². The quantitative estimate of drug-likeness (QED) is 0.816. The normalized spacial score (nSPS) is 12.4. The topological polar surface area (TPSA) is 73.3 Å². The summed E-state index contributed by atoms with van der Waals surface area (Å²) in [6.07, 6.45) is -0.621. The molecule has 0 fully saturated rings. The van der Waals surface area contributed by atoms with E-state index in [1.807, 2.05) is 43.3 Å². The van der Waals surface area contributed by atoms with E-state index in [4.69, 9.17) is 10.5 Å². The molecule has 1 unspecified atom stereocenters. The van der Waals surface area contributed by atoms with E-state index in [9.17, 15) is 5.11 Å². The average molecular weight is 261 g/mol. The maximum atomic E-state index is 9.97. The molecule has 1 heterocycles. The van der Waals surface area contributed by atoms with Crippen LogP contribution in [0.15, 0.2) is 36.4 Å². The summed E-state index contributed by atoms with van der Waals surface area (Å²) in [7, 11) is 0. The van der Waals surface area contributed by atoms with Crippen molar-refractivity contribution in [1.82, 2.24) is 9.78 Å². The van der Waals surface area contributed by atoms with Crippen LogP contribution in [0, 0.1) is 6.92 Å². The molecule has 1 aromatic carbocycles. The summed E-state index contributed by atoms with van der Waals surface area (Å²) in [5.74, 6) is 0.747. The van der Waals surface area contributed by atoms with Crippen LogP contribution in [0.1, 0.15) is 11.4 Å². The van der Waals surface area contributed by atoms with Gasteiger partial charge in [-0.25, -0.2) is 0 Å². The summed E-state index contributed by atoms with van der Waals surface area (Å²) in [4.78, 5) is 0. The van der Waals surface area contributed by atoms with Crippen LogP contribution in [0.3, 0.4) is 0 Å². The number of aryl methyl sites for hydroxylation is 1. The van der Waals surface area contributed by atoms with Crippen molar-refractivity contribution in [2.75, 3.05) is 6.61 Å². The Morgan fingerprint density at radius 2 is 2.11 bits per heavy atom. The molecule has 1 aromatic heterocycles. The molecule has 0 saturated heterocycles. The second kappa shape index (κ2) is 6.36. The van der Waals surface area contributed by atoms with Gasteiger partial charge in [-0.05, 0) is 25.1 Å². The Balaban J connectivity index is 1.88. The molecule has 0 spiro atoms. The minimum absolute atomic E-state index is 0.229. The van der Waals surface area contributed by atoms with Crippen molar-refractivity contribution in [2.45, 2.75) is 26.1 Å². The summed E-state index contributed by atoms with van der Waals surface area (Å²) in [5, 5.41) is 14.3. The SMILES string of the molecule is Cc1cc(CN)n(CC(O)COc2ccccc2)n1. The Bertz CT molecular complexity index is 511. The molecule has 0 aliphatic heterocycles. The van der Waals surface area contributed by atoms with Gasteiger partial charge in [-0.1, -0.05) is 18.2 Å². The molecule has 0 bridgehead atoms. The molecule has 5 nitrogen and oxygen atoms in total. The van der Waals surface area contributed by atoms with Crippen molar-refractivity contribution < 1.29 is 9.84 Å². The lowest BCUT2D eigenvalue weighted by Gasteiger charge is -2.14. The lowest BCUT2D eigenvalue weighted by Crippen LogP contribution is -2.25. The molecule has 2 rings (SSSR count). The summed E-state index contributed by atoms with van der Waals surface area (Å²) in [6.45, 7) is 2.93. The van der Waals surface area contributed by atoms with E-state index in [2.05, 4.69) is 5.10 Å². The first-order chi connectivity index (χ1) is 9.19. The van der Waals surface area contributed by atoms with Crippen molar-refractivity contribution in [3.63, 3.8) is 0 Å². The van der Waals surface area contributed by atoms with E-state index in [1.54, 1.807) is 4.68 Å². The monoisotopic (exact) mass is 261 g/mol. The zero-order chi connectivity index (χ0) is 13.7. The van der Waals surface area contributed by atoms with E-state index < -0.39 is 6.10 Å². The van der Waals surface area contributed by atoms with Crippen LogP contribution in [0.2, 0.25) is 0 Å². The Kier molecular flexibility index (Phi) is 4.54. The molecule has 2 aromatic rings. The largest absolute Gasteiger partial charge is 0.491 e. The molecule has 0 amide bonds. The molecule has 5 heteroatoms. The first kappa shape index (κ1) is 13.6. The highest BCUT2D eigenvalue weighted by atomic mass is 16.5. The third-order valence-corrected chi connectivity index (χ3v) is 2.76. The summed E-state index contributed by atoms with van der Waals surface area (Å²) in [5.41, 5.74) is 7.44. The molecule has 0 aliphatic rings. The molecule has 0 saturated carbocycles. The van der Waals surface area contributed by atoms with Crippen LogP contribution in [0.5, 0.6) is 5.75 Å². The molecular weight excluding hydrogens is 242 g/mol. The first-order valence-electron chi connectivity index (χ1n) is 6.28. The number of benzene rings is 1. The van der Waals surface area contributed by atoms with Gasteiger partial charge in [0.1, 0.15) is 18.5 Å². The van der Waals surface area contributed by atoms with Gasteiger partial charge in [-0.2, -0.15) is 5.10 Å². The van der Waals surface area contributed by atoms with E-state index >= 15 is 0 Å². The minimum Gasteiger partial charge on any atom is -0.491 e. The predicted molar refractivity (Wildman–Crippen MR) is 72.8 cm³/mol. The second-order valence-corrected chi connectivity index (χ2v) is 4.44. The van der Waals surface area contributed by atoms with Gasteiger partial charge in [0.2, 0.25) is 0 Å². The Labute approximate surface area is 112 Å². The number of nitrogens with two attached hydrogens (primary N) is 1. The first-order valence-corrected chi connectivity index (χ1v) is 6.28. The number of para-hydroxylation sites is 1. The number of aliphatic hydroxyl groups is 1. The van der Waals surface area contributed by atoms with Crippen LogP contribution in [0.4, 0.5) is 0 Å². The third-order valence-electron chi connectivity index (χ3n) is 2.76. The lowest BCUT2D eigenvalue weighted by molar-refractivity contribution is 0.0885. The van der Waals surface area contributed by atoms with Gasteiger partial charge in [0.25, 0.3) is 0 Å². The van der Waals surface area contributed by atoms with E-state index in [0.29, 0.717) is 13.1 Å². The van der Waals surface area contributed by atoms with Gasteiger partial charge in [-0.3, -0.25) is 4.68 Å². The van der Waals surface area contributed by atoms with E-state index in [0.717, 1.165) is 17.1 Å². The molecule has 102 valence electrons. The van der Waals surface area contributed by atoms with E-state index in [-0.39, 0.29) is 6.61 Å². The predicted octanol–water partition coefficient (Wildman–Crippen LogP) is 1.09. The fourth-order valence-corrected chi connectivity index (χ4v) is 1.88. The number of nitrogens with zero attached hydrogens (tertiary/aromatic N) is 2. The van der Waals surface area contributed by atoms with Gasteiger partial charge >= 0.3 is 0 Å². The molecular formula is C14H19N3O2. The zero-order valence-corrected chi connectivity index (χ0v) is 11.0. The van der Waals surface area contributed by atoms with Crippen molar-refractivity contribution >= 4 is 0 Å². The number of hydrogen-bond donors (Lipinski definition) is 2. The van der Waals surface area contributed by atoms with Gasteiger partial charge in [-0.15, -0.1) is 0 Å². The number of aliphatic hydroxyl groups excluding tert-OH is 1. The number of aromatic nitrogens is 2. The van der Waals surface area contributed by atoms with Crippen LogP contribution in [-0.4, -0.2) is 27.6 Å². The standard InChI is InChI=1S/C14H19N3O2/c1-11-7-12(8-15)17(16-11)9-13(18)10-19-14-5-3-2-4-6-14/h2-7,13,18H,8-10,15H2,1H3. The van der Waals surface area contributed by atoms with Crippen molar-refractivity contribution in [3.05, 3.63) is 47.8 Å². The summed E-state index contributed by atoms with van der Waals surface area (Å²) >= 11 is 0. The zero-order valence-electron chi connectivity index (χ0n) is 11.0. The Hall–Kier alpha value is -1.85. The van der Waals surface area contributed by atoms with Crippen LogP contribution in [-0.2, 0) is 13.1 Å². The smallest absolute Gasteiger partial charge is 0.119 e. The molecule has 0 aliphatic carbocycles. The van der Waals surface area contributed by atoms with Crippen molar-refractivity contribution in [1.29, 1.82) is 0 Å². The minimum atomic E-state index is -0.621. The fourth-order valence-electron chi connectivity index (χ4n) is 1.88. The maximum absolute atomic E-state index is 9.97. The number of hydrogen-bond acceptors (Lipinski definition) is 4. The molecule has 3 N–H and O–H groups in total. The molecule has 0 radical (unpaired) electrons. The summed E-state index contributed by atoms with van der Waals surface area (Å²) in [6, 6.07) is 11.3. The summed E-state index contributed by atoms with van der Waals surface area (Å²) < 4.78 is 7.23. The molecule has 1 atom stereocenters. The lowest BCUT2D eigenvalue weighted by atomic mass is 10.3. The van der Waals surface area contributed by atoms with Crippen LogP contribution < -0.4 is 10.5 Å². The Morgan fingerprint density at radius 3 is 2.79 bits per heavy atom. The van der Waals surface area contributed by atoms with Gasteiger partial charge in [0.05, 0.1) is 17.9 Å². The molecule has 19 heavy (non-hydrogen) atoms. The maximum Gasteiger partial charge on any atom is 0.119 e. The van der Waals surface area contributed by atoms with Crippen molar-refractivity contribution in [3.8, 4) is 5.75 Å². The van der Waals surface area contributed by atoms with E-state index in [1.165, 1.54) is 0 Å². The van der Waals surface area contributed by atoms with Gasteiger partial charge in [0, 0.05) is 6.54 Å². The highest BCUT2D eigenvalue weighted by Crippen LogP contribution is 2.09. The second-order valence-electron chi connectivity index (χ2n) is 4.44. The van der Waals surface area contributed by atoms with Crippen molar-refractivity contribution in [2.24, 2.45) is 5.73 Å². The number of ether oxygens (including phenoxy) is 1. The third kappa shape index (κ3) is 3.81. The number of rotatable bonds is 6. The van der Waals surface area contributed by atoms with Gasteiger partial charge < -0.3 is 15.6 Å². The highest BCUT2D eigenvalue weighted by molar-refractivity contribution is 5.20. The Morgan fingerprint density at radius 1 is 1.37 bits per heavy atom. The average Bonchev–Trinajstić information content (AvgIpc) is 2.77. The fraction of sp³-hybridized carbons (Fsp3) is 0.357. The van der Waals surface area contributed by atoms with Crippen LogP contribution in [0.25, 0.3) is 0 Å².